The second-order valence-corrected chi connectivity index (χ2v) is 5.82. The van der Waals surface area contributed by atoms with Gasteiger partial charge in [0.1, 0.15) is 0 Å². The Morgan fingerprint density at radius 1 is 1.48 bits per heavy atom. The van der Waals surface area contributed by atoms with E-state index in [0.717, 1.165) is 16.6 Å². The average Bonchev–Trinajstić information content (AvgIpc) is 3.04. The van der Waals surface area contributed by atoms with Crippen LogP contribution in [-0.4, -0.2) is 15.6 Å². The first-order valence-corrected chi connectivity index (χ1v) is 7.51. The molecule has 108 valence electrons. The van der Waals surface area contributed by atoms with Gasteiger partial charge in [0.2, 0.25) is 5.76 Å². The zero-order chi connectivity index (χ0) is 15.0. The summed E-state index contributed by atoms with van der Waals surface area (Å²) in [6.07, 6.45) is 0.941. The van der Waals surface area contributed by atoms with Gasteiger partial charge in [0.15, 0.2) is 4.80 Å². The molecule has 0 radical (unpaired) electrons. The molecule has 0 N–H and O–H groups in total. The number of aromatic nitrogens is 2. The van der Waals surface area contributed by atoms with E-state index in [0.29, 0.717) is 10.5 Å². The van der Waals surface area contributed by atoms with Gasteiger partial charge in [0.25, 0.3) is 0 Å². The molecule has 2 heterocycles. The Kier molecular flexibility index (Phi) is 3.47. The number of aryl methyl sites for hydroxylation is 3. The molecule has 0 fully saturated rings. The maximum Gasteiger partial charge on any atom is 0.318 e. The van der Waals surface area contributed by atoms with Crippen molar-refractivity contribution in [3.05, 3.63) is 46.1 Å². The minimum absolute atomic E-state index is 0.167. The molecule has 0 spiro atoms. The van der Waals surface area contributed by atoms with Crippen molar-refractivity contribution in [2.75, 3.05) is 0 Å². The Bertz CT molecular complexity index is 886. The van der Waals surface area contributed by atoms with Gasteiger partial charge >= 0.3 is 5.91 Å². The largest absolute Gasteiger partial charge is 0.351 e. The highest BCUT2D eigenvalue weighted by Crippen LogP contribution is 2.21. The van der Waals surface area contributed by atoms with Gasteiger partial charge in [-0.3, -0.25) is 4.79 Å². The third-order valence-electron chi connectivity index (χ3n) is 3.32. The first-order valence-electron chi connectivity index (χ1n) is 6.70. The Hall–Kier alpha value is -2.21. The lowest BCUT2D eigenvalue weighted by Gasteiger charge is -2.01. The van der Waals surface area contributed by atoms with Crippen LogP contribution in [0, 0.1) is 6.92 Å². The van der Waals surface area contributed by atoms with E-state index in [-0.39, 0.29) is 5.76 Å². The van der Waals surface area contributed by atoms with Crippen molar-refractivity contribution in [1.82, 2.24) is 9.72 Å². The number of hydrogen-bond acceptors (Lipinski definition) is 4. The molecular weight excluding hydrogens is 286 g/mol. The number of para-hydroxylation sites is 1. The maximum absolute atomic E-state index is 12.1. The van der Waals surface area contributed by atoms with E-state index < -0.39 is 5.91 Å². The van der Waals surface area contributed by atoms with Crippen LogP contribution < -0.4 is 4.80 Å². The van der Waals surface area contributed by atoms with Gasteiger partial charge < -0.3 is 9.09 Å². The molecule has 3 rings (SSSR count). The lowest BCUT2D eigenvalue weighted by Crippen LogP contribution is -2.13. The smallest absolute Gasteiger partial charge is 0.318 e. The summed E-state index contributed by atoms with van der Waals surface area (Å²) in [4.78, 5) is 16.9. The lowest BCUT2D eigenvalue weighted by molar-refractivity contribution is 0.0962. The Morgan fingerprint density at radius 2 is 2.29 bits per heavy atom. The van der Waals surface area contributed by atoms with E-state index in [2.05, 4.69) is 23.1 Å². The molecule has 0 saturated heterocycles. The zero-order valence-electron chi connectivity index (χ0n) is 12.1. The predicted molar refractivity (Wildman–Crippen MR) is 81.3 cm³/mol. The summed E-state index contributed by atoms with van der Waals surface area (Å²) in [5.74, 6) is -0.239. The molecule has 0 aliphatic heterocycles. The second kappa shape index (κ2) is 5.29. The first-order chi connectivity index (χ1) is 10.1. The molecule has 0 atom stereocenters. The van der Waals surface area contributed by atoms with Crippen LogP contribution in [0.1, 0.15) is 28.7 Å². The molecule has 0 saturated carbocycles. The topological polar surface area (TPSA) is 60.4 Å². The van der Waals surface area contributed by atoms with E-state index in [1.54, 1.807) is 13.0 Å². The summed E-state index contributed by atoms with van der Waals surface area (Å²) in [5.41, 5.74) is 3.04. The van der Waals surface area contributed by atoms with Crippen molar-refractivity contribution >= 4 is 27.5 Å². The molecule has 1 amide bonds. The summed E-state index contributed by atoms with van der Waals surface area (Å²) in [7, 11) is 1.93. The summed E-state index contributed by atoms with van der Waals surface area (Å²) in [6, 6.07) is 7.77. The Morgan fingerprint density at radius 3 is 2.95 bits per heavy atom. The van der Waals surface area contributed by atoms with Crippen LogP contribution in [-0.2, 0) is 13.5 Å². The van der Waals surface area contributed by atoms with Gasteiger partial charge in [-0.05, 0) is 25.0 Å². The summed E-state index contributed by atoms with van der Waals surface area (Å²) < 4.78 is 8.04. The van der Waals surface area contributed by atoms with Gasteiger partial charge in [-0.2, -0.15) is 4.99 Å². The van der Waals surface area contributed by atoms with E-state index >= 15 is 0 Å². The number of thiazole rings is 1. The quantitative estimate of drug-likeness (QED) is 0.731. The molecular formula is C15H15N3O2S. The number of carbonyl (C=O) groups excluding carboxylic acids is 1. The van der Waals surface area contributed by atoms with Gasteiger partial charge in [-0.25, -0.2) is 0 Å². The number of amides is 1. The fourth-order valence-corrected chi connectivity index (χ4v) is 3.35. The molecule has 2 aromatic heterocycles. The molecule has 0 bridgehead atoms. The van der Waals surface area contributed by atoms with Crippen LogP contribution in [0.2, 0.25) is 0 Å². The molecule has 21 heavy (non-hydrogen) atoms. The monoisotopic (exact) mass is 301 g/mol. The maximum atomic E-state index is 12.1. The third kappa shape index (κ3) is 2.42. The highest BCUT2D eigenvalue weighted by molar-refractivity contribution is 7.16. The van der Waals surface area contributed by atoms with E-state index in [1.807, 2.05) is 23.7 Å². The number of rotatable bonds is 2. The fourth-order valence-electron chi connectivity index (χ4n) is 2.28. The standard InChI is InChI=1S/C15H15N3O2S/c1-4-10-6-5-7-12-13(10)18(3)15(21-12)16-14(19)11-8-9(2)17-20-11/h5-8H,4H2,1-3H3. The third-order valence-corrected chi connectivity index (χ3v) is 4.42. The second-order valence-electron chi connectivity index (χ2n) is 4.81. The van der Waals surface area contributed by atoms with Crippen molar-refractivity contribution < 1.29 is 9.32 Å². The fraction of sp³-hybridized carbons (Fsp3) is 0.267. The minimum atomic E-state index is -0.407. The molecule has 0 aliphatic rings. The summed E-state index contributed by atoms with van der Waals surface area (Å²) in [6.45, 7) is 3.89. The molecule has 1 aromatic carbocycles. The highest BCUT2D eigenvalue weighted by Gasteiger charge is 2.12. The Labute approximate surface area is 125 Å². The number of benzene rings is 1. The molecule has 6 heteroatoms. The van der Waals surface area contributed by atoms with Crippen molar-refractivity contribution in [2.45, 2.75) is 20.3 Å². The van der Waals surface area contributed by atoms with Crippen LogP contribution in [0.15, 0.2) is 33.8 Å². The number of hydrogen-bond donors (Lipinski definition) is 0. The number of fused-ring (bicyclic) bond motifs is 1. The van der Waals surface area contributed by atoms with Gasteiger partial charge in [0, 0.05) is 13.1 Å². The number of nitrogens with zero attached hydrogens (tertiary/aromatic N) is 3. The predicted octanol–water partition coefficient (Wildman–Crippen LogP) is 2.84. The van der Waals surface area contributed by atoms with Crippen molar-refractivity contribution in [2.24, 2.45) is 12.0 Å². The molecule has 0 aliphatic carbocycles. The first kappa shape index (κ1) is 13.8. The molecule has 0 unspecified atom stereocenters. The van der Waals surface area contributed by atoms with Crippen LogP contribution >= 0.6 is 11.3 Å². The summed E-state index contributed by atoms with van der Waals surface area (Å²) in [5, 5.41) is 3.71. The van der Waals surface area contributed by atoms with Crippen LogP contribution in [0.25, 0.3) is 10.2 Å². The van der Waals surface area contributed by atoms with Crippen molar-refractivity contribution in [3.63, 3.8) is 0 Å². The highest BCUT2D eigenvalue weighted by atomic mass is 32.1. The van der Waals surface area contributed by atoms with Gasteiger partial charge in [-0.1, -0.05) is 35.5 Å². The molecule has 3 aromatic rings. The van der Waals surface area contributed by atoms with E-state index in [9.17, 15) is 4.79 Å². The Balaban J connectivity index is 2.14. The SMILES string of the molecule is CCc1cccc2sc(=NC(=O)c3cc(C)no3)n(C)c12. The van der Waals surface area contributed by atoms with Crippen molar-refractivity contribution in [3.8, 4) is 0 Å². The normalized spacial score (nSPS) is 12.2. The van der Waals surface area contributed by atoms with Gasteiger partial charge in [0.05, 0.1) is 15.9 Å². The lowest BCUT2D eigenvalue weighted by atomic mass is 10.1. The van der Waals surface area contributed by atoms with E-state index in [4.69, 9.17) is 4.52 Å². The summed E-state index contributed by atoms with van der Waals surface area (Å²) >= 11 is 1.50. The minimum Gasteiger partial charge on any atom is -0.351 e. The van der Waals surface area contributed by atoms with E-state index in [1.165, 1.54) is 16.9 Å². The number of carbonyl (C=O) groups is 1. The van der Waals surface area contributed by atoms with Crippen LogP contribution in [0.3, 0.4) is 0 Å². The average molecular weight is 301 g/mol. The van der Waals surface area contributed by atoms with Crippen LogP contribution in [0.4, 0.5) is 0 Å². The zero-order valence-corrected chi connectivity index (χ0v) is 12.9. The van der Waals surface area contributed by atoms with Crippen LogP contribution in [0.5, 0.6) is 0 Å². The van der Waals surface area contributed by atoms with Gasteiger partial charge in [-0.15, -0.1) is 0 Å². The molecule has 5 nitrogen and oxygen atoms in total. The van der Waals surface area contributed by atoms with Crippen molar-refractivity contribution in [1.29, 1.82) is 0 Å².